The minimum atomic E-state index is 0.0897. The van der Waals surface area contributed by atoms with Gasteiger partial charge in [-0.05, 0) is 36.1 Å². The van der Waals surface area contributed by atoms with Gasteiger partial charge in [0.15, 0.2) is 0 Å². The number of halogens is 3. The number of alkyl halides is 1. The molecule has 0 N–H and O–H groups in total. The highest BCUT2D eigenvalue weighted by Crippen LogP contribution is 2.35. The average molecular weight is 355 g/mol. The van der Waals surface area contributed by atoms with E-state index in [-0.39, 0.29) is 5.38 Å². The molecule has 0 bridgehead atoms. The van der Waals surface area contributed by atoms with E-state index in [2.05, 4.69) is 51.8 Å². The zero-order valence-corrected chi connectivity index (χ0v) is 12.9. The number of hydrogen-bond acceptors (Lipinski definition) is 0. The molecule has 2 unspecified atom stereocenters. The first-order valence-corrected chi connectivity index (χ1v) is 7.15. The van der Waals surface area contributed by atoms with Gasteiger partial charge in [0, 0.05) is 8.95 Å². The van der Waals surface area contributed by atoms with E-state index >= 15 is 0 Å². The molecular weight excluding hydrogens is 339 g/mol. The van der Waals surface area contributed by atoms with Crippen LogP contribution in [-0.4, -0.2) is 0 Å². The normalized spacial score (nSPS) is 15.0. The monoisotopic (exact) mass is 352 g/mol. The largest absolute Gasteiger partial charge is 0.118 e. The second kappa shape index (κ2) is 6.27. The fraction of sp³-hybridized carbons (Fsp3) is 0.500. The van der Waals surface area contributed by atoms with Gasteiger partial charge in [0.2, 0.25) is 0 Å². The van der Waals surface area contributed by atoms with E-state index in [4.69, 9.17) is 11.6 Å². The minimum absolute atomic E-state index is 0.0897. The lowest BCUT2D eigenvalue weighted by atomic mass is 9.99. The maximum absolute atomic E-state index is 6.41. The smallest absolute Gasteiger partial charge is 0.0599 e. The first-order chi connectivity index (χ1) is 7.04. The average Bonchev–Trinajstić information content (AvgIpc) is 2.21. The summed E-state index contributed by atoms with van der Waals surface area (Å²) >= 11 is 13.4. The Kier molecular flexibility index (Phi) is 5.65. The van der Waals surface area contributed by atoms with Crippen molar-refractivity contribution in [2.45, 2.75) is 32.1 Å². The highest BCUT2D eigenvalue weighted by atomic mass is 79.9. The Hall–Kier alpha value is 0.470. The van der Waals surface area contributed by atoms with Gasteiger partial charge < -0.3 is 0 Å². The molecule has 1 aromatic rings. The Morgan fingerprint density at radius 2 is 2.00 bits per heavy atom. The van der Waals surface area contributed by atoms with E-state index in [0.29, 0.717) is 5.92 Å². The molecule has 84 valence electrons. The van der Waals surface area contributed by atoms with Crippen molar-refractivity contribution in [1.29, 1.82) is 0 Å². The van der Waals surface area contributed by atoms with Crippen molar-refractivity contribution < 1.29 is 0 Å². The van der Waals surface area contributed by atoms with E-state index < -0.39 is 0 Å². The topological polar surface area (TPSA) is 0 Å². The fourth-order valence-corrected chi connectivity index (χ4v) is 2.92. The molecule has 15 heavy (non-hydrogen) atoms. The van der Waals surface area contributed by atoms with Gasteiger partial charge in [0.05, 0.1) is 5.38 Å². The molecule has 0 aromatic heterocycles. The summed E-state index contributed by atoms with van der Waals surface area (Å²) in [6, 6.07) is 6.13. The molecule has 0 saturated heterocycles. The van der Waals surface area contributed by atoms with Crippen LogP contribution in [-0.2, 0) is 0 Å². The maximum Gasteiger partial charge on any atom is 0.0599 e. The molecule has 0 aliphatic rings. The second-order valence-electron chi connectivity index (χ2n) is 3.88. The van der Waals surface area contributed by atoms with Gasteiger partial charge in [0.1, 0.15) is 0 Å². The van der Waals surface area contributed by atoms with Crippen LogP contribution in [0, 0.1) is 5.92 Å². The molecule has 0 heterocycles. The Labute approximate surface area is 114 Å². The molecule has 0 aliphatic heterocycles. The zero-order valence-electron chi connectivity index (χ0n) is 8.93. The molecule has 0 spiro atoms. The van der Waals surface area contributed by atoms with Crippen molar-refractivity contribution in [3.05, 3.63) is 32.7 Å². The molecule has 0 fully saturated rings. The van der Waals surface area contributed by atoms with Gasteiger partial charge in [-0.25, -0.2) is 0 Å². The zero-order chi connectivity index (χ0) is 11.4. The lowest BCUT2D eigenvalue weighted by Crippen LogP contribution is -1.99. The van der Waals surface area contributed by atoms with Crippen molar-refractivity contribution in [1.82, 2.24) is 0 Å². The molecule has 2 atom stereocenters. The molecule has 1 aromatic carbocycles. The molecule has 0 aliphatic carbocycles. The number of hydrogen-bond donors (Lipinski definition) is 0. The fourth-order valence-electron chi connectivity index (χ4n) is 1.40. The highest BCUT2D eigenvalue weighted by Gasteiger charge is 2.14. The summed E-state index contributed by atoms with van der Waals surface area (Å²) < 4.78 is 2.17. The third-order valence-corrected chi connectivity index (χ3v) is 4.23. The first kappa shape index (κ1) is 13.5. The van der Waals surface area contributed by atoms with Gasteiger partial charge >= 0.3 is 0 Å². The van der Waals surface area contributed by atoms with Gasteiger partial charge in [-0.1, -0.05) is 52.1 Å². The number of benzene rings is 1. The van der Waals surface area contributed by atoms with Gasteiger partial charge in [-0.3, -0.25) is 0 Å². The summed E-state index contributed by atoms with van der Waals surface area (Å²) in [5.74, 6) is 0.665. The highest BCUT2D eigenvalue weighted by molar-refractivity contribution is 9.11. The molecular formula is C12H15Br2Cl. The summed E-state index contributed by atoms with van der Waals surface area (Å²) in [5.41, 5.74) is 1.17. The third-order valence-electron chi connectivity index (χ3n) is 2.60. The SMILES string of the molecule is CCC(C)CC(Cl)c1cc(Br)ccc1Br. The Morgan fingerprint density at radius 3 is 2.60 bits per heavy atom. The lowest BCUT2D eigenvalue weighted by molar-refractivity contribution is 0.507. The van der Waals surface area contributed by atoms with E-state index in [1.807, 2.05) is 12.1 Å². The predicted molar refractivity (Wildman–Crippen MR) is 74.5 cm³/mol. The second-order valence-corrected chi connectivity index (χ2v) is 6.18. The van der Waals surface area contributed by atoms with Crippen molar-refractivity contribution in [3.8, 4) is 0 Å². The van der Waals surface area contributed by atoms with E-state index in [9.17, 15) is 0 Å². The van der Waals surface area contributed by atoms with Crippen LogP contribution in [0.2, 0.25) is 0 Å². The van der Waals surface area contributed by atoms with Crippen LogP contribution < -0.4 is 0 Å². The van der Waals surface area contributed by atoms with Gasteiger partial charge in [-0.15, -0.1) is 11.6 Å². The third kappa shape index (κ3) is 4.08. The van der Waals surface area contributed by atoms with E-state index in [0.717, 1.165) is 15.4 Å². The maximum atomic E-state index is 6.41. The van der Waals surface area contributed by atoms with Crippen molar-refractivity contribution in [2.75, 3.05) is 0 Å². The van der Waals surface area contributed by atoms with Gasteiger partial charge in [-0.2, -0.15) is 0 Å². The van der Waals surface area contributed by atoms with Crippen molar-refractivity contribution in [3.63, 3.8) is 0 Å². The molecule has 0 amide bonds. The molecule has 0 radical (unpaired) electrons. The van der Waals surface area contributed by atoms with Crippen LogP contribution in [0.1, 0.15) is 37.6 Å². The van der Waals surface area contributed by atoms with Gasteiger partial charge in [0.25, 0.3) is 0 Å². The Bertz CT molecular complexity index is 325. The Balaban J connectivity index is 2.80. The summed E-state index contributed by atoms with van der Waals surface area (Å²) in [4.78, 5) is 0. The predicted octanol–water partition coefficient (Wildman–Crippen LogP) is 5.93. The van der Waals surface area contributed by atoms with Crippen molar-refractivity contribution in [2.24, 2.45) is 5.92 Å². The summed E-state index contributed by atoms with van der Waals surface area (Å²) in [6.45, 7) is 4.44. The van der Waals surface area contributed by atoms with E-state index in [1.54, 1.807) is 0 Å². The lowest BCUT2D eigenvalue weighted by Gasteiger charge is -2.16. The molecule has 1 rings (SSSR count). The van der Waals surface area contributed by atoms with Crippen LogP contribution in [0.15, 0.2) is 27.1 Å². The quantitative estimate of drug-likeness (QED) is 0.588. The molecule has 0 nitrogen and oxygen atoms in total. The summed E-state index contributed by atoms with van der Waals surface area (Å²) in [5, 5.41) is 0.0897. The Morgan fingerprint density at radius 1 is 1.33 bits per heavy atom. The standard InChI is InChI=1S/C12H15Br2Cl/c1-3-8(2)6-12(15)10-7-9(13)4-5-11(10)14/h4-5,7-8,12H,3,6H2,1-2H3. The minimum Gasteiger partial charge on any atom is -0.118 e. The first-order valence-electron chi connectivity index (χ1n) is 5.13. The van der Waals surface area contributed by atoms with Crippen molar-refractivity contribution >= 4 is 43.5 Å². The van der Waals surface area contributed by atoms with Crippen LogP contribution in [0.5, 0.6) is 0 Å². The molecule has 0 saturated carbocycles. The molecule has 3 heteroatoms. The number of rotatable bonds is 4. The van der Waals surface area contributed by atoms with Crippen LogP contribution in [0.25, 0.3) is 0 Å². The van der Waals surface area contributed by atoms with Crippen LogP contribution >= 0.6 is 43.5 Å². The summed E-state index contributed by atoms with van der Waals surface area (Å²) in [6.07, 6.45) is 2.20. The van der Waals surface area contributed by atoms with E-state index in [1.165, 1.54) is 12.0 Å². The van der Waals surface area contributed by atoms with Crippen LogP contribution in [0.3, 0.4) is 0 Å². The van der Waals surface area contributed by atoms with Crippen LogP contribution in [0.4, 0.5) is 0 Å². The summed E-state index contributed by atoms with van der Waals surface area (Å²) in [7, 11) is 0.